The molecule has 0 spiro atoms. The van der Waals surface area contributed by atoms with Gasteiger partial charge in [0.15, 0.2) is 0 Å². The zero-order valence-electron chi connectivity index (χ0n) is 13.2. The summed E-state index contributed by atoms with van der Waals surface area (Å²) in [5.74, 6) is 0.444. The summed E-state index contributed by atoms with van der Waals surface area (Å²) in [6.07, 6.45) is 2.07. The average molecular weight is 310 g/mol. The molecule has 0 aliphatic carbocycles. The first-order valence-electron chi connectivity index (χ1n) is 7.72. The van der Waals surface area contributed by atoms with E-state index in [1.54, 1.807) is 16.4 Å². The third kappa shape index (κ3) is 4.28. The molecular formula is C16H26N2O2S. The smallest absolute Gasteiger partial charge is 0.243 e. The van der Waals surface area contributed by atoms with Crippen molar-refractivity contribution in [1.82, 2.24) is 9.62 Å². The van der Waals surface area contributed by atoms with E-state index in [1.807, 2.05) is 12.1 Å². The Morgan fingerprint density at radius 1 is 1.38 bits per heavy atom. The number of hydrogen-bond acceptors (Lipinski definition) is 3. The van der Waals surface area contributed by atoms with Crippen molar-refractivity contribution in [1.29, 1.82) is 0 Å². The highest BCUT2D eigenvalue weighted by atomic mass is 32.2. The van der Waals surface area contributed by atoms with E-state index in [9.17, 15) is 8.42 Å². The van der Waals surface area contributed by atoms with Crippen molar-refractivity contribution in [3.05, 3.63) is 29.8 Å². The SMILES string of the molecule is CC1CCCN(S(=O)(=O)c2cccc(CNC(C)C)c2)C1. The van der Waals surface area contributed by atoms with Gasteiger partial charge in [-0.1, -0.05) is 32.9 Å². The van der Waals surface area contributed by atoms with Crippen LogP contribution in [0.5, 0.6) is 0 Å². The van der Waals surface area contributed by atoms with Gasteiger partial charge in [0.25, 0.3) is 0 Å². The van der Waals surface area contributed by atoms with Gasteiger partial charge in [-0.3, -0.25) is 0 Å². The van der Waals surface area contributed by atoms with Gasteiger partial charge in [0, 0.05) is 25.7 Å². The lowest BCUT2D eigenvalue weighted by atomic mass is 10.0. The molecule has 1 atom stereocenters. The second-order valence-electron chi connectivity index (χ2n) is 6.29. The molecule has 1 aromatic rings. The normalized spacial score (nSPS) is 20.9. The summed E-state index contributed by atoms with van der Waals surface area (Å²) in [5.41, 5.74) is 1.01. The highest BCUT2D eigenvalue weighted by Crippen LogP contribution is 2.23. The number of hydrogen-bond donors (Lipinski definition) is 1. The molecule has 1 saturated heterocycles. The molecule has 1 aliphatic rings. The van der Waals surface area contributed by atoms with Crippen molar-refractivity contribution in [2.75, 3.05) is 13.1 Å². The van der Waals surface area contributed by atoms with Crippen molar-refractivity contribution < 1.29 is 8.42 Å². The van der Waals surface area contributed by atoms with Crippen molar-refractivity contribution in [2.45, 2.75) is 51.1 Å². The van der Waals surface area contributed by atoms with Crippen LogP contribution in [0, 0.1) is 5.92 Å². The standard InChI is InChI=1S/C16H26N2O2S/c1-13(2)17-11-15-7-4-8-16(10-15)21(19,20)18-9-5-6-14(3)12-18/h4,7-8,10,13-14,17H,5-6,9,11-12H2,1-3H3. The molecule has 1 heterocycles. The van der Waals surface area contributed by atoms with Gasteiger partial charge in [0.2, 0.25) is 10.0 Å². The lowest BCUT2D eigenvalue weighted by Gasteiger charge is -2.30. The van der Waals surface area contributed by atoms with E-state index in [0.29, 0.717) is 36.5 Å². The molecule has 2 rings (SSSR count). The summed E-state index contributed by atoms with van der Waals surface area (Å²) in [7, 11) is -3.35. The molecule has 1 fully saturated rings. The van der Waals surface area contributed by atoms with Gasteiger partial charge in [0.05, 0.1) is 4.90 Å². The molecule has 21 heavy (non-hydrogen) atoms. The Labute approximate surface area is 128 Å². The van der Waals surface area contributed by atoms with E-state index in [-0.39, 0.29) is 0 Å². The van der Waals surface area contributed by atoms with Crippen LogP contribution < -0.4 is 5.32 Å². The largest absolute Gasteiger partial charge is 0.310 e. The Bertz CT molecular complexity index is 569. The number of nitrogens with zero attached hydrogens (tertiary/aromatic N) is 1. The minimum Gasteiger partial charge on any atom is -0.310 e. The quantitative estimate of drug-likeness (QED) is 0.909. The predicted molar refractivity (Wildman–Crippen MR) is 85.6 cm³/mol. The van der Waals surface area contributed by atoms with Crippen LogP contribution in [0.1, 0.15) is 39.2 Å². The van der Waals surface area contributed by atoms with E-state index in [2.05, 4.69) is 26.1 Å². The lowest BCUT2D eigenvalue weighted by Crippen LogP contribution is -2.39. The Morgan fingerprint density at radius 2 is 2.14 bits per heavy atom. The minimum absolute atomic E-state index is 0.383. The van der Waals surface area contributed by atoms with Crippen LogP contribution in [0.3, 0.4) is 0 Å². The molecule has 1 aromatic carbocycles. The topological polar surface area (TPSA) is 49.4 Å². The van der Waals surface area contributed by atoms with Crippen LogP contribution in [0.15, 0.2) is 29.2 Å². The molecule has 0 aromatic heterocycles. The van der Waals surface area contributed by atoms with E-state index in [4.69, 9.17) is 0 Å². The van der Waals surface area contributed by atoms with Crippen LogP contribution in [-0.2, 0) is 16.6 Å². The molecule has 0 amide bonds. The van der Waals surface area contributed by atoms with Gasteiger partial charge in [0.1, 0.15) is 0 Å². The van der Waals surface area contributed by atoms with Crippen molar-refractivity contribution >= 4 is 10.0 Å². The summed E-state index contributed by atoms with van der Waals surface area (Å²) < 4.78 is 27.1. The van der Waals surface area contributed by atoms with Gasteiger partial charge >= 0.3 is 0 Å². The average Bonchev–Trinajstić information content (AvgIpc) is 2.45. The van der Waals surface area contributed by atoms with Crippen LogP contribution in [0.25, 0.3) is 0 Å². The van der Waals surface area contributed by atoms with Crippen LogP contribution in [0.4, 0.5) is 0 Å². The Kier molecular flexibility index (Phi) is 5.41. The van der Waals surface area contributed by atoms with E-state index >= 15 is 0 Å². The molecule has 5 heteroatoms. The second kappa shape index (κ2) is 6.90. The molecule has 0 radical (unpaired) electrons. The first-order chi connectivity index (χ1) is 9.89. The minimum atomic E-state index is -3.35. The van der Waals surface area contributed by atoms with Crippen LogP contribution in [-0.4, -0.2) is 31.9 Å². The molecule has 0 saturated carbocycles. The third-order valence-corrected chi connectivity index (χ3v) is 5.73. The first-order valence-corrected chi connectivity index (χ1v) is 9.16. The number of sulfonamides is 1. The maximum atomic E-state index is 12.7. The molecule has 0 bridgehead atoms. The molecule has 4 nitrogen and oxygen atoms in total. The van der Waals surface area contributed by atoms with E-state index in [0.717, 1.165) is 18.4 Å². The molecule has 118 valence electrons. The second-order valence-corrected chi connectivity index (χ2v) is 8.23. The molecule has 1 aliphatic heterocycles. The van der Waals surface area contributed by atoms with Gasteiger partial charge in [-0.2, -0.15) is 4.31 Å². The summed E-state index contributed by atoms with van der Waals surface area (Å²) >= 11 is 0. The van der Waals surface area contributed by atoms with Crippen LogP contribution >= 0.6 is 0 Å². The van der Waals surface area contributed by atoms with Crippen molar-refractivity contribution in [3.63, 3.8) is 0 Å². The number of rotatable bonds is 5. The maximum absolute atomic E-state index is 12.7. The molecule has 1 unspecified atom stereocenters. The fourth-order valence-corrected chi connectivity index (χ4v) is 4.32. The van der Waals surface area contributed by atoms with Crippen LogP contribution in [0.2, 0.25) is 0 Å². The fourth-order valence-electron chi connectivity index (χ4n) is 2.65. The van der Waals surface area contributed by atoms with E-state index < -0.39 is 10.0 Å². The number of benzene rings is 1. The van der Waals surface area contributed by atoms with Crippen molar-refractivity contribution in [2.24, 2.45) is 5.92 Å². The van der Waals surface area contributed by atoms with Gasteiger partial charge < -0.3 is 5.32 Å². The zero-order chi connectivity index (χ0) is 15.5. The zero-order valence-corrected chi connectivity index (χ0v) is 14.0. The molecule has 1 N–H and O–H groups in total. The first kappa shape index (κ1) is 16.5. The summed E-state index contributed by atoms with van der Waals surface area (Å²) in [4.78, 5) is 0.416. The lowest BCUT2D eigenvalue weighted by molar-refractivity contribution is 0.281. The fraction of sp³-hybridized carbons (Fsp3) is 0.625. The monoisotopic (exact) mass is 310 g/mol. The highest BCUT2D eigenvalue weighted by Gasteiger charge is 2.28. The number of nitrogens with one attached hydrogen (secondary N) is 1. The Balaban J connectivity index is 2.17. The summed E-state index contributed by atoms with van der Waals surface area (Å²) in [6, 6.07) is 7.68. The highest BCUT2D eigenvalue weighted by molar-refractivity contribution is 7.89. The Hall–Kier alpha value is -0.910. The van der Waals surface area contributed by atoms with Crippen molar-refractivity contribution in [3.8, 4) is 0 Å². The van der Waals surface area contributed by atoms with Gasteiger partial charge in [-0.15, -0.1) is 0 Å². The summed E-state index contributed by atoms with van der Waals surface area (Å²) in [5, 5.41) is 3.32. The van der Waals surface area contributed by atoms with Gasteiger partial charge in [-0.25, -0.2) is 8.42 Å². The number of piperidine rings is 1. The predicted octanol–water partition coefficient (Wildman–Crippen LogP) is 2.61. The maximum Gasteiger partial charge on any atom is 0.243 e. The molecular weight excluding hydrogens is 284 g/mol. The van der Waals surface area contributed by atoms with Gasteiger partial charge in [-0.05, 0) is 36.5 Å². The summed E-state index contributed by atoms with van der Waals surface area (Å²) in [6.45, 7) is 8.24. The van der Waals surface area contributed by atoms with E-state index in [1.165, 1.54) is 0 Å². The Morgan fingerprint density at radius 3 is 2.81 bits per heavy atom. The third-order valence-electron chi connectivity index (χ3n) is 3.87.